The minimum absolute atomic E-state index is 0.0310. The Bertz CT molecular complexity index is 2500. The van der Waals surface area contributed by atoms with Crippen LogP contribution in [0.3, 0.4) is 0 Å². The van der Waals surface area contributed by atoms with Crippen molar-refractivity contribution in [1.29, 1.82) is 0 Å². The first-order chi connectivity index (χ1) is 31.2. The molecule has 3 amide bonds. The molecule has 2 saturated carbocycles. The van der Waals surface area contributed by atoms with Crippen molar-refractivity contribution >= 4 is 64.1 Å². The summed E-state index contributed by atoms with van der Waals surface area (Å²) in [6.45, 7) is 3.95. The second kappa shape index (κ2) is 19.7. The van der Waals surface area contributed by atoms with E-state index in [1.165, 1.54) is 29.4 Å². The van der Waals surface area contributed by atoms with Crippen molar-refractivity contribution in [2.45, 2.75) is 127 Å². The summed E-state index contributed by atoms with van der Waals surface area (Å²) < 4.78 is 56.8. The Hall–Kier alpha value is -4.63. The molecule has 2 aromatic carbocycles. The number of amides is 3. The highest BCUT2D eigenvalue weighted by atomic mass is 35.5. The lowest BCUT2D eigenvalue weighted by atomic mass is 10.0. The number of rotatable bonds is 12. The van der Waals surface area contributed by atoms with Crippen LogP contribution >= 0.6 is 30.3 Å². The Morgan fingerprint density at radius 1 is 1.06 bits per heavy atom. The maximum Gasteiger partial charge on any atom is 0.245 e. The topological polar surface area (TPSA) is 172 Å². The second-order valence-electron chi connectivity index (χ2n) is 18.1. The fraction of sp³-hybridized carbons (Fsp3) is 0.511. The summed E-state index contributed by atoms with van der Waals surface area (Å²) in [5.41, 5.74) is 0.871. The zero-order valence-electron chi connectivity index (χ0n) is 36.8. The van der Waals surface area contributed by atoms with Crippen LogP contribution in [0.1, 0.15) is 96.5 Å². The molecule has 3 fully saturated rings. The number of nitrogens with zero attached hydrogens (tertiary/aromatic N) is 3. The summed E-state index contributed by atoms with van der Waals surface area (Å²) >= 11 is 8.29. The summed E-state index contributed by atoms with van der Waals surface area (Å²) in [5.74, 6) is -2.93. The normalized spacial score (nSPS) is 25.5. The minimum Gasteiger partial charge on any atom is -0.495 e. The number of ether oxygens (including phenoxy) is 2. The van der Waals surface area contributed by atoms with Crippen LogP contribution in [0, 0.1) is 23.5 Å². The fourth-order valence-electron chi connectivity index (χ4n) is 9.56. The van der Waals surface area contributed by atoms with Gasteiger partial charge in [-0.1, -0.05) is 55.5 Å². The molecule has 1 unspecified atom stereocenters. The van der Waals surface area contributed by atoms with Gasteiger partial charge >= 0.3 is 0 Å². The van der Waals surface area contributed by atoms with Gasteiger partial charge in [-0.3, -0.25) is 18.9 Å². The summed E-state index contributed by atoms with van der Waals surface area (Å²) in [7, 11) is -3.09. The molecule has 4 aliphatic rings. The predicted molar refractivity (Wildman–Crippen MR) is 247 cm³/mol. The molecular weight excluding hydrogens is 897 g/mol. The van der Waals surface area contributed by atoms with Crippen LogP contribution < -0.4 is 25.4 Å². The molecule has 0 bridgehead atoms. The number of thiazole rings is 1. The Balaban J connectivity index is 1.15. The smallest absolute Gasteiger partial charge is 0.245 e. The van der Waals surface area contributed by atoms with Gasteiger partial charge in [0.2, 0.25) is 25.1 Å². The Kier molecular flexibility index (Phi) is 14.2. The van der Waals surface area contributed by atoms with Gasteiger partial charge in [0.15, 0.2) is 5.13 Å². The van der Waals surface area contributed by atoms with E-state index in [1.807, 2.05) is 25.3 Å². The fourth-order valence-corrected chi connectivity index (χ4v) is 13.1. The van der Waals surface area contributed by atoms with E-state index in [1.54, 1.807) is 24.3 Å². The number of anilines is 1. The van der Waals surface area contributed by atoms with Crippen molar-refractivity contribution in [1.82, 2.24) is 25.5 Å². The lowest BCUT2D eigenvalue weighted by molar-refractivity contribution is -0.142. The zero-order valence-corrected chi connectivity index (χ0v) is 39.3. The molecule has 2 aliphatic carbocycles. The van der Waals surface area contributed by atoms with E-state index < -0.39 is 71.9 Å². The van der Waals surface area contributed by atoms with E-state index >= 15 is 0 Å². The van der Waals surface area contributed by atoms with Gasteiger partial charge in [-0.05, 0) is 82.6 Å². The maximum absolute atomic E-state index is 15.0. The second-order valence-corrected chi connectivity index (χ2v) is 21.9. The summed E-state index contributed by atoms with van der Waals surface area (Å²) in [6, 6.07) is 6.43. The first-order valence-corrected chi connectivity index (χ1v) is 25.7. The molecule has 6 atom stereocenters. The van der Waals surface area contributed by atoms with Gasteiger partial charge in [0, 0.05) is 47.2 Å². The van der Waals surface area contributed by atoms with E-state index in [9.17, 15) is 32.6 Å². The molecule has 2 aliphatic heterocycles. The van der Waals surface area contributed by atoms with Gasteiger partial charge in [0.1, 0.15) is 57.3 Å². The Labute approximate surface area is 386 Å². The molecule has 0 spiro atoms. The molecule has 0 radical (unpaired) electrons. The summed E-state index contributed by atoms with van der Waals surface area (Å²) in [4.78, 5) is 66.2. The van der Waals surface area contributed by atoms with Crippen molar-refractivity contribution in [3.05, 3.63) is 76.2 Å². The van der Waals surface area contributed by atoms with Crippen LogP contribution in [-0.2, 0) is 25.1 Å². The molecule has 13 nitrogen and oxygen atoms in total. The Morgan fingerprint density at radius 3 is 2.55 bits per heavy atom. The molecule has 348 valence electrons. The molecule has 8 rings (SSSR count). The number of hydrogen-bond donors (Lipinski definition) is 4. The first kappa shape index (κ1) is 46.9. The number of carbonyl (C=O) groups excluding carboxylic acids is 3. The lowest BCUT2D eigenvalue weighted by Crippen LogP contribution is -2.55. The third-order valence-corrected chi connectivity index (χ3v) is 16.8. The molecule has 4 aromatic rings. The summed E-state index contributed by atoms with van der Waals surface area (Å²) in [5, 5.41) is 10.8. The van der Waals surface area contributed by atoms with Crippen LogP contribution in [0.25, 0.3) is 22.3 Å². The maximum atomic E-state index is 15.0. The van der Waals surface area contributed by atoms with Gasteiger partial charge in [0.05, 0.1) is 31.0 Å². The molecule has 4 heterocycles. The third kappa shape index (κ3) is 10.2. The van der Waals surface area contributed by atoms with E-state index in [0.29, 0.717) is 64.6 Å². The van der Waals surface area contributed by atoms with Crippen molar-refractivity contribution in [3.63, 3.8) is 0 Å². The van der Waals surface area contributed by atoms with E-state index in [-0.39, 0.29) is 42.3 Å². The Morgan fingerprint density at radius 2 is 1.82 bits per heavy atom. The van der Waals surface area contributed by atoms with Crippen LogP contribution in [0.2, 0.25) is 5.02 Å². The van der Waals surface area contributed by atoms with E-state index in [4.69, 9.17) is 31.0 Å². The van der Waals surface area contributed by atoms with Gasteiger partial charge in [-0.25, -0.2) is 18.7 Å². The molecule has 65 heavy (non-hydrogen) atoms. The number of benzene rings is 2. The molecular formula is C47H56ClF2N6O7PS. The molecule has 18 heteroatoms. The lowest BCUT2D eigenvalue weighted by Gasteiger charge is -2.31. The van der Waals surface area contributed by atoms with E-state index in [2.05, 4.69) is 16.0 Å². The molecule has 2 aromatic heterocycles. The summed E-state index contributed by atoms with van der Waals surface area (Å²) in [6.07, 6.45) is 9.56. The predicted octanol–water partition coefficient (Wildman–Crippen LogP) is 9.36. The SMILES string of the molecule is COc1ccc2c(O[C@@H]3C[C@H]4C(=O)N[C@]5(P(=O)(O)Cc6c(F)cccc6F)C[C@H]5/C=C\CCCCC[C@H](NC(=O)CC5CCCC5)C(=O)N4C3)cc(-c3csc(NC(C)C)n3)nc2c1Cl. The number of fused-ring (bicyclic) bond motifs is 3. The highest BCUT2D eigenvalue weighted by molar-refractivity contribution is 7.59. The van der Waals surface area contributed by atoms with Gasteiger partial charge in [-0.15, -0.1) is 11.3 Å². The van der Waals surface area contributed by atoms with Crippen LogP contribution in [0.15, 0.2) is 53.9 Å². The van der Waals surface area contributed by atoms with Crippen molar-refractivity contribution in [2.24, 2.45) is 11.8 Å². The number of hydrogen-bond acceptors (Lipinski definition) is 10. The van der Waals surface area contributed by atoms with Crippen LogP contribution in [0.5, 0.6) is 11.5 Å². The van der Waals surface area contributed by atoms with E-state index in [0.717, 1.165) is 50.7 Å². The standard InChI is InChI=1S/C47H56ClF2N6O7PS/c1-27(2)51-46-54-37(26-65-46)36-22-40(31-18-19-39(62-3)42(48)43(31)53-36)63-30-21-38-44(58)55-47(64(60,61)25-32-33(49)15-11-16-34(32)50)23-29(47)14-7-5-4-6-8-17-35(45(59)56(38)24-30)52-41(57)20-28-12-9-10-13-28/h7,11,14-16,18-19,22,26-30,35,38H,4-6,8-10,12-13,17,20-21,23-25H2,1-3H3,(H,51,54)(H,52,57)(H,55,58)(H,60,61)/b14-7-/t29-,30-,35+,38+,47+/m1/s1. The van der Waals surface area contributed by atoms with Crippen LogP contribution in [0.4, 0.5) is 13.9 Å². The number of halogens is 3. The largest absolute Gasteiger partial charge is 0.495 e. The van der Waals surface area contributed by atoms with Crippen molar-refractivity contribution < 1.29 is 42.1 Å². The highest BCUT2D eigenvalue weighted by Gasteiger charge is 2.66. The zero-order chi connectivity index (χ0) is 46.0. The first-order valence-electron chi connectivity index (χ1n) is 22.6. The average Bonchev–Trinajstić information content (AvgIpc) is 3.68. The van der Waals surface area contributed by atoms with Gasteiger partial charge < -0.3 is 35.2 Å². The van der Waals surface area contributed by atoms with Crippen molar-refractivity contribution in [3.8, 4) is 22.9 Å². The van der Waals surface area contributed by atoms with Crippen molar-refractivity contribution in [2.75, 3.05) is 19.0 Å². The number of methoxy groups -OCH3 is 1. The van der Waals surface area contributed by atoms with Gasteiger partial charge in [0.25, 0.3) is 0 Å². The minimum atomic E-state index is -4.59. The average molecular weight is 953 g/mol. The molecule has 1 saturated heterocycles. The monoisotopic (exact) mass is 952 g/mol. The van der Waals surface area contributed by atoms with Gasteiger partial charge in [-0.2, -0.15) is 0 Å². The number of pyridine rings is 1. The highest BCUT2D eigenvalue weighted by Crippen LogP contribution is 2.71. The number of carbonyl (C=O) groups is 3. The number of aromatic nitrogens is 2. The third-order valence-electron chi connectivity index (χ3n) is 13.1. The number of nitrogens with one attached hydrogen (secondary N) is 3. The van der Waals surface area contributed by atoms with Crippen LogP contribution in [-0.4, -0.2) is 80.6 Å². The molecule has 4 N–H and O–H groups in total. The number of allylic oxidation sites excluding steroid dienone is 1. The quantitative estimate of drug-likeness (QED) is 0.0792.